The lowest BCUT2D eigenvalue weighted by atomic mass is 9.97. The van der Waals surface area contributed by atoms with Gasteiger partial charge in [0.1, 0.15) is 6.54 Å². The quantitative estimate of drug-likeness (QED) is 0.865. The highest BCUT2D eigenvalue weighted by atomic mass is 19.4. The van der Waals surface area contributed by atoms with Crippen molar-refractivity contribution >= 4 is 12.0 Å². The SMILES string of the molecule is O=C(O)C1CCN(C(=O)N(CC(F)(F)F)C2CC2)CC1. The maximum absolute atomic E-state index is 12.5. The number of piperidine rings is 1. The highest BCUT2D eigenvalue weighted by Crippen LogP contribution is 2.31. The molecule has 1 N–H and O–H groups in total. The van der Waals surface area contributed by atoms with Gasteiger partial charge in [-0.3, -0.25) is 4.79 Å². The average molecular weight is 294 g/mol. The standard InChI is InChI=1S/C12H17F3N2O3/c13-12(14,15)7-17(9-1-2-9)11(20)16-5-3-8(4-6-16)10(18)19/h8-9H,1-7H2,(H,18,19). The first-order valence-electron chi connectivity index (χ1n) is 6.63. The van der Waals surface area contributed by atoms with Crippen molar-refractivity contribution in [3.05, 3.63) is 0 Å². The molecule has 0 spiro atoms. The first-order chi connectivity index (χ1) is 9.28. The minimum Gasteiger partial charge on any atom is -0.481 e. The predicted molar refractivity (Wildman–Crippen MR) is 63.1 cm³/mol. The number of hydrogen-bond acceptors (Lipinski definition) is 2. The Balaban J connectivity index is 1.93. The van der Waals surface area contributed by atoms with Crippen LogP contribution >= 0.6 is 0 Å². The summed E-state index contributed by atoms with van der Waals surface area (Å²) in [4.78, 5) is 25.2. The largest absolute Gasteiger partial charge is 0.481 e. The first-order valence-corrected chi connectivity index (χ1v) is 6.63. The zero-order chi connectivity index (χ0) is 14.9. The number of carboxylic acid groups (broad SMARTS) is 1. The Hall–Kier alpha value is -1.47. The Kier molecular flexibility index (Phi) is 4.10. The Labute approximate surface area is 114 Å². The topological polar surface area (TPSA) is 60.9 Å². The first kappa shape index (κ1) is 14.9. The van der Waals surface area contributed by atoms with Crippen molar-refractivity contribution in [1.82, 2.24) is 9.80 Å². The molecule has 0 unspecified atom stereocenters. The molecule has 2 aliphatic rings. The van der Waals surface area contributed by atoms with Crippen molar-refractivity contribution in [3.8, 4) is 0 Å². The van der Waals surface area contributed by atoms with Crippen LogP contribution in [0.1, 0.15) is 25.7 Å². The molecule has 5 nitrogen and oxygen atoms in total. The number of likely N-dealkylation sites (tertiary alicyclic amines) is 1. The molecule has 2 amide bonds. The number of carbonyl (C=O) groups is 2. The molecular formula is C12H17F3N2O3. The van der Waals surface area contributed by atoms with E-state index in [2.05, 4.69) is 0 Å². The van der Waals surface area contributed by atoms with Gasteiger partial charge in [-0.05, 0) is 25.7 Å². The molecule has 0 aromatic carbocycles. The van der Waals surface area contributed by atoms with E-state index in [1.165, 1.54) is 4.90 Å². The van der Waals surface area contributed by atoms with E-state index in [-0.39, 0.29) is 19.1 Å². The van der Waals surface area contributed by atoms with Gasteiger partial charge in [0.05, 0.1) is 5.92 Å². The molecule has 8 heteroatoms. The molecule has 2 fully saturated rings. The molecule has 114 valence electrons. The molecular weight excluding hydrogens is 277 g/mol. The van der Waals surface area contributed by atoms with E-state index < -0.39 is 30.6 Å². The molecule has 0 aromatic heterocycles. The number of nitrogens with zero attached hydrogens (tertiary/aromatic N) is 2. The summed E-state index contributed by atoms with van der Waals surface area (Å²) in [5, 5.41) is 8.86. The summed E-state index contributed by atoms with van der Waals surface area (Å²) in [6.07, 6.45) is -2.60. The number of carboxylic acids is 1. The zero-order valence-electron chi connectivity index (χ0n) is 10.9. The van der Waals surface area contributed by atoms with Gasteiger partial charge in [-0.25, -0.2) is 4.79 Å². The summed E-state index contributed by atoms with van der Waals surface area (Å²) in [5.41, 5.74) is 0. The summed E-state index contributed by atoms with van der Waals surface area (Å²) in [6.45, 7) is -0.816. The van der Waals surface area contributed by atoms with Crippen molar-refractivity contribution in [2.75, 3.05) is 19.6 Å². The molecule has 1 heterocycles. The molecule has 20 heavy (non-hydrogen) atoms. The van der Waals surface area contributed by atoms with Gasteiger partial charge in [-0.1, -0.05) is 0 Å². The molecule has 0 bridgehead atoms. The number of alkyl halides is 3. The second-order valence-electron chi connectivity index (χ2n) is 5.36. The van der Waals surface area contributed by atoms with Gasteiger partial charge in [0.15, 0.2) is 0 Å². The molecule has 1 aliphatic carbocycles. The van der Waals surface area contributed by atoms with Crippen LogP contribution in [0.25, 0.3) is 0 Å². The Morgan fingerprint density at radius 3 is 2.10 bits per heavy atom. The van der Waals surface area contributed by atoms with Crippen LogP contribution in [0.2, 0.25) is 0 Å². The van der Waals surface area contributed by atoms with Gasteiger partial charge >= 0.3 is 18.2 Å². The lowest BCUT2D eigenvalue weighted by Crippen LogP contribution is -2.50. The van der Waals surface area contributed by atoms with E-state index in [0.29, 0.717) is 25.7 Å². The average Bonchev–Trinajstić information content (AvgIpc) is 3.18. The second-order valence-corrected chi connectivity index (χ2v) is 5.36. The summed E-state index contributed by atoms with van der Waals surface area (Å²) >= 11 is 0. The number of hydrogen-bond donors (Lipinski definition) is 1. The summed E-state index contributed by atoms with van der Waals surface area (Å²) < 4.78 is 37.5. The van der Waals surface area contributed by atoms with Crippen LogP contribution in [0.5, 0.6) is 0 Å². The van der Waals surface area contributed by atoms with E-state index in [1.54, 1.807) is 0 Å². The number of carbonyl (C=O) groups excluding carboxylic acids is 1. The summed E-state index contributed by atoms with van der Waals surface area (Å²) in [7, 11) is 0. The summed E-state index contributed by atoms with van der Waals surface area (Å²) in [6, 6.07) is -0.935. The van der Waals surface area contributed by atoms with Gasteiger partial charge in [0.25, 0.3) is 0 Å². The monoisotopic (exact) mass is 294 g/mol. The molecule has 1 saturated carbocycles. The van der Waals surface area contributed by atoms with Crippen LogP contribution in [-0.2, 0) is 4.79 Å². The molecule has 0 radical (unpaired) electrons. The van der Waals surface area contributed by atoms with Gasteiger partial charge in [0.2, 0.25) is 0 Å². The third-order valence-electron chi connectivity index (χ3n) is 3.70. The maximum Gasteiger partial charge on any atom is 0.406 e. The fourth-order valence-electron chi connectivity index (χ4n) is 2.43. The third-order valence-corrected chi connectivity index (χ3v) is 3.70. The number of rotatable bonds is 3. The third kappa shape index (κ3) is 3.77. The van der Waals surface area contributed by atoms with Gasteiger partial charge in [-0.15, -0.1) is 0 Å². The van der Waals surface area contributed by atoms with Gasteiger partial charge in [-0.2, -0.15) is 13.2 Å². The van der Waals surface area contributed by atoms with E-state index in [4.69, 9.17) is 5.11 Å². The van der Waals surface area contributed by atoms with Crippen molar-refractivity contribution in [1.29, 1.82) is 0 Å². The Morgan fingerprint density at radius 2 is 1.70 bits per heavy atom. The molecule has 0 aromatic rings. The number of amides is 2. The lowest BCUT2D eigenvalue weighted by molar-refractivity contribution is -0.143. The second kappa shape index (κ2) is 5.49. The number of urea groups is 1. The maximum atomic E-state index is 12.5. The zero-order valence-corrected chi connectivity index (χ0v) is 10.9. The number of aliphatic carboxylic acids is 1. The van der Waals surface area contributed by atoms with Crippen molar-refractivity contribution < 1.29 is 27.9 Å². The van der Waals surface area contributed by atoms with Crippen molar-refractivity contribution in [2.45, 2.75) is 37.9 Å². The van der Waals surface area contributed by atoms with E-state index in [0.717, 1.165) is 4.90 Å². The van der Waals surface area contributed by atoms with E-state index in [1.807, 2.05) is 0 Å². The molecule has 2 rings (SSSR count). The van der Waals surface area contributed by atoms with E-state index >= 15 is 0 Å². The van der Waals surface area contributed by atoms with Crippen LogP contribution in [0.3, 0.4) is 0 Å². The summed E-state index contributed by atoms with van der Waals surface area (Å²) in [5.74, 6) is -1.41. The van der Waals surface area contributed by atoms with Crippen LogP contribution in [0.4, 0.5) is 18.0 Å². The highest BCUT2D eigenvalue weighted by molar-refractivity contribution is 5.76. The normalized spacial score (nSPS) is 20.9. The lowest BCUT2D eigenvalue weighted by Gasteiger charge is -2.35. The van der Waals surface area contributed by atoms with Crippen LogP contribution in [0.15, 0.2) is 0 Å². The van der Waals surface area contributed by atoms with E-state index in [9.17, 15) is 22.8 Å². The van der Waals surface area contributed by atoms with Crippen molar-refractivity contribution in [2.24, 2.45) is 5.92 Å². The number of halogens is 3. The predicted octanol–water partition coefficient (Wildman–Crippen LogP) is 1.93. The van der Waals surface area contributed by atoms with Gasteiger partial charge < -0.3 is 14.9 Å². The van der Waals surface area contributed by atoms with Crippen LogP contribution in [0, 0.1) is 5.92 Å². The molecule has 1 aliphatic heterocycles. The highest BCUT2D eigenvalue weighted by Gasteiger charge is 2.42. The Morgan fingerprint density at radius 1 is 1.15 bits per heavy atom. The minimum atomic E-state index is -4.41. The van der Waals surface area contributed by atoms with Crippen molar-refractivity contribution in [3.63, 3.8) is 0 Å². The minimum absolute atomic E-state index is 0.205. The smallest absolute Gasteiger partial charge is 0.406 e. The fourth-order valence-corrected chi connectivity index (χ4v) is 2.43. The fraction of sp³-hybridized carbons (Fsp3) is 0.833. The molecule has 0 atom stereocenters. The van der Waals surface area contributed by atoms with Crippen LogP contribution in [-0.4, -0.2) is 58.8 Å². The van der Waals surface area contributed by atoms with Gasteiger partial charge in [0, 0.05) is 19.1 Å². The molecule has 1 saturated heterocycles. The Bertz CT molecular complexity index is 388. The van der Waals surface area contributed by atoms with Crippen LogP contribution < -0.4 is 0 Å².